The third kappa shape index (κ3) is 11.7. The molecule has 0 aliphatic carbocycles. The molecule has 6 rings (SSSR count). The van der Waals surface area contributed by atoms with Gasteiger partial charge in [0.1, 0.15) is 50.6 Å². The summed E-state index contributed by atoms with van der Waals surface area (Å²) < 4.78 is 88.9. The van der Waals surface area contributed by atoms with Crippen LogP contribution in [0.4, 0.5) is 45.5 Å². The average molecular weight is 901 g/mol. The maximum atomic E-state index is 13.6. The van der Waals surface area contributed by atoms with Gasteiger partial charge in [-0.1, -0.05) is 23.9 Å². The fourth-order valence-electron chi connectivity index (χ4n) is 5.36. The van der Waals surface area contributed by atoms with E-state index in [1.54, 1.807) is 0 Å². The molecule has 2 N–H and O–H groups in total. The summed E-state index contributed by atoms with van der Waals surface area (Å²) >= 11 is 0. The minimum absolute atomic E-state index is 0. The Balaban J connectivity index is 0.00000422. The largest absolute Gasteiger partial charge is 1.00 e. The topological polar surface area (TPSA) is 291 Å². The molecule has 0 radical (unpaired) electrons. The first-order valence-corrected chi connectivity index (χ1v) is 19.8. The van der Waals surface area contributed by atoms with Crippen LogP contribution in [0.15, 0.2) is 148 Å². The van der Waals surface area contributed by atoms with Crippen molar-refractivity contribution in [3.63, 3.8) is 0 Å². The number of benzene rings is 6. The molecule has 20 nitrogen and oxygen atoms in total. The van der Waals surface area contributed by atoms with E-state index >= 15 is 0 Å². The first kappa shape index (κ1) is 49.3. The predicted molar refractivity (Wildman–Crippen MR) is 211 cm³/mol. The summed E-state index contributed by atoms with van der Waals surface area (Å²) in [6.45, 7) is 0. The molecule has 0 aliphatic rings. The van der Waals surface area contributed by atoms with E-state index < -0.39 is 36.6 Å². The molecule has 0 spiro atoms. The summed E-state index contributed by atoms with van der Waals surface area (Å²) in [5, 5.41) is 58.1. The van der Waals surface area contributed by atoms with Gasteiger partial charge in [0, 0.05) is 24.3 Å². The number of azo groups is 4. The Labute approximate surface area is 398 Å². The van der Waals surface area contributed by atoms with Crippen LogP contribution >= 0.6 is 0 Å². The van der Waals surface area contributed by atoms with Gasteiger partial charge in [-0.05, 0) is 65.4 Å². The third-order valence-corrected chi connectivity index (χ3v) is 10.0. The van der Waals surface area contributed by atoms with Crippen molar-refractivity contribution in [1.29, 1.82) is 0 Å². The molecular weight excluding hydrogens is 871 g/mol. The van der Waals surface area contributed by atoms with Crippen molar-refractivity contribution < 1.29 is 114 Å². The fourth-order valence-corrected chi connectivity index (χ4v) is 6.49. The molecule has 0 saturated heterocycles. The molecule has 0 aliphatic heterocycles. The van der Waals surface area contributed by atoms with Crippen LogP contribution in [-0.2, 0) is 20.2 Å². The summed E-state index contributed by atoms with van der Waals surface area (Å²) in [5.74, 6) is -0.482. The van der Waals surface area contributed by atoms with Crippen LogP contribution in [0.2, 0.25) is 0 Å². The quantitative estimate of drug-likeness (QED) is 0.0906. The summed E-state index contributed by atoms with van der Waals surface area (Å²) in [7, 11) is -3.95. The number of nitrogens with zero attached hydrogens (tertiary/aromatic N) is 8. The van der Waals surface area contributed by atoms with Gasteiger partial charge < -0.3 is 29.2 Å². The molecular formula is C38H30N8Na2O12S2. The summed E-state index contributed by atoms with van der Waals surface area (Å²) in [6.07, 6.45) is 0. The van der Waals surface area contributed by atoms with Gasteiger partial charge in [-0.3, -0.25) is 9.11 Å². The van der Waals surface area contributed by atoms with Crippen molar-refractivity contribution in [2.45, 2.75) is 9.79 Å². The number of methoxy groups -OCH3 is 4. The van der Waals surface area contributed by atoms with Crippen LogP contribution in [-0.4, -0.2) is 54.4 Å². The monoisotopic (exact) mass is 900 g/mol. The molecule has 0 unspecified atom stereocenters. The van der Waals surface area contributed by atoms with E-state index in [1.807, 2.05) is 0 Å². The van der Waals surface area contributed by atoms with Gasteiger partial charge in [0.2, 0.25) is 0 Å². The fraction of sp³-hybridized carbons (Fsp3) is 0.105. The van der Waals surface area contributed by atoms with Gasteiger partial charge in [0.05, 0.1) is 56.1 Å². The van der Waals surface area contributed by atoms with Crippen LogP contribution in [0.1, 0.15) is 0 Å². The zero-order valence-electron chi connectivity index (χ0n) is 33.6. The Kier molecular flexibility index (Phi) is 16.8. The SMILES string of the molecule is COc1cc(N=Nc2cc(OC)c(N=Nc3c(S(=O)(=O)O)cc4cc(N=Nc5ccc([O-])cc5)ccc4c3[O-])cc2OC)c(OC)cc1N=Nc1ccc(S(=O)(=O)O)cc1.[Na+].[Na+]. The van der Waals surface area contributed by atoms with Crippen LogP contribution < -0.4 is 88.3 Å². The van der Waals surface area contributed by atoms with Gasteiger partial charge in [0.15, 0.2) is 0 Å². The number of hydrogen-bond acceptors (Lipinski definition) is 18. The zero-order valence-corrected chi connectivity index (χ0v) is 39.2. The van der Waals surface area contributed by atoms with Crippen molar-refractivity contribution in [3.8, 4) is 34.5 Å². The van der Waals surface area contributed by atoms with Gasteiger partial charge in [-0.25, -0.2) is 0 Å². The number of fused-ring (bicyclic) bond motifs is 1. The van der Waals surface area contributed by atoms with E-state index in [0.29, 0.717) is 5.69 Å². The number of rotatable bonds is 14. The molecule has 0 heterocycles. The average Bonchev–Trinajstić information content (AvgIpc) is 3.23. The minimum Gasteiger partial charge on any atom is -0.872 e. The Morgan fingerprint density at radius 2 is 0.855 bits per heavy atom. The molecule has 308 valence electrons. The molecule has 0 atom stereocenters. The summed E-state index contributed by atoms with van der Waals surface area (Å²) in [4.78, 5) is -1.12. The van der Waals surface area contributed by atoms with E-state index in [1.165, 1.54) is 119 Å². The van der Waals surface area contributed by atoms with Gasteiger partial charge in [0.25, 0.3) is 20.2 Å². The number of ether oxygens (including phenoxy) is 4. The molecule has 0 aromatic heterocycles. The predicted octanol–water partition coefficient (Wildman–Crippen LogP) is 3.18. The Hall–Kier alpha value is -5.40. The van der Waals surface area contributed by atoms with Crippen LogP contribution in [0, 0.1) is 0 Å². The van der Waals surface area contributed by atoms with Crippen molar-refractivity contribution >= 4 is 76.5 Å². The third-order valence-electron chi connectivity index (χ3n) is 8.30. The number of hydrogen-bond donors (Lipinski definition) is 2. The smallest absolute Gasteiger partial charge is 0.872 e. The molecule has 0 saturated carbocycles. The first-order chi connectivity index (χ1) is 28.6. The Morgan fingerprint density at radius 1 is 0.468 bits per heavy atom. The maximum absolute atomic E-state index is 13.6. The van der Waals surface area contributed by atoms with Crippen LogP contribution in [0.3, 0.4) is 0 Å². The Bertz CT molecular complexity index is 2960. The molecule has 6 aromatic carbocycles. The molecule has 0 fully saturated rings. The van der Waals surface area contributed by atoms with Crippen LogP contribution in [0.25, 0.3) is 10.8 Å². The second-order valence-corrected chi connectivity index (χ2v) is 14.9. The summed E-state index contributed by atoms with van der Waals surface area (Å²) in [6, 6.07) is 21.6. The summed E-state index contributed by atoms with van der Waals surface area (Å²) in [5.41, 5.74) is 0.772. The van der Waals surface area contributed by atoms with E-state index in [-0.39, 0.29) is 138 Å². The molecule has 62 heavy (non-hydrogen) atoms. The first-order valence-electron chi connectivity index (χ1n) is 16.9. The molecule has 24 heteroatoms. The van der Waals surface area contributed by atoms with E-state index in [0.717, 1.165) is 6.07 Å². The van der Waals surface area contributed by atoms with E-state index in [2.05, 4.69) is 40.9 Å². The van der Waals surface area contributed by atoms with Crippen molar-refractivity contribution in [3.05, 3.63) is 97.1 Å². The molecule has 6 aromatic rings. The normalized spacial score (nSPS) is 11.9. The second-order valence-electron chi connectivity index (χ2n) is 12.1. The van der Waals surface area contributed by atoms with Gasteiger partial charge >= 0.3 is 59.1 Å². The van der Waals surface area contributed by atoms with Gasteiger partial charge in [-0.15, -0.1) is 31.3 Å². The Morgan fingerprint density at radius 3 is 1.29 bits per heavy atom. The maximum Gasteiger partial charge on any atom is 1.00 e. The van der Waals surface area contributed by atoms with Gasteiger partial charge in [-0.2, -0.15) is 32.2 Å². The van der Waals surface area contributed by atoms with Crippen molar-refractivity contribution in [2.75, 3.05) is 28.4 Å². The zero-order chi connectivity index (χ0) is 43.2. The van der Waals surface area contributed by atoms with E-state index in [9.17, 15) is 36.2 Å². The molecule has 0 bridgehead atoms. The second kappa shape index (κ2) is 21.1. The standard InChI is InChI=1S/C38H32N8O12S2.2Na/c1-55-32-18-29(33(56-2)17-28(32)42-40-23-7-12-26(13-8-23)59(49,50)51)43-44-30-19-35(58-4)31(20-34(30)57-3)45-46-37-36(60(52,53)54)16-21-15-24(9-14-27(21)38(37)48)41-39-22-5-10-25(47)11-6-22;;/h5-20,47-48H,1-4H3,(H,49,50,51)(H,52,53,54);;/q;2*+1/p-2. The van der Waals surface area contributed by atoms with Crippen LogP contribution in [0.5, 0.6) is 34.5 Å². The minimum atomic E-state index is -5.01. The van der Waals surface area contributed by atoms with E-state index in [4.69, 9.17) is 18.9 Å². The van der Waals surface area contributed by atoms with Crippen molar-refractivity contribution in [1.82, 2.24) is 0 Å². The molecule has 0 amide bonds. The van der Waals surface area contributed by atoms with Crippen molar-refractivity contribution in [2.24, 2.45) is 40.9 Å².